The van der Waals surface area contributed by atoms with Crippen LogP contribution < -0.4 is 11.3 Å². The second-order valence-electron chi connectivity index (χ2n) is 8.31. The topological polar surface area (TPSA) is 72.7 Å². The zero-order valence-corrected chi connectivity index (χ0v) is 19.1. The van der Waals surface area contributed by atoms with E-state index in [9.17, 15) is 4.79 Å². The van der Waals surface area contributed by atoms with E-state index in [0.29, 0.717) is 28.5 Å². The van der Waals surface area contributed by atoms with Gasteiger partial charge >= 0.3 is 0 Å². The molecule has 0 amide bonds. The van der Waals surface area contributed by atoms with Crippen molar-refractivity contribution in [2.45, 2.75) is 13.8 Å². The Morgan fingerprint density at radius 2 is 1.29 bits per heavy atom. The number of hydrogen-bond acceptors (Lipinski definition) is 4. The number of allylic oxidation sites excluding steroid dienone is 1. The Labute approximate surface area is 198 Å². The van der Waals surface area contributed by atoms with Gasteiger partial charge in [0.1, 0.15) is 5.71 Å². The van der Waals surface area contributed by atoms with Crippen molar-refractivity contribution in [1.82, 2.24) is 4.57 Å². The number of nitrogens with two attached hydrogens (primary N) is 1. The zero-order chi connectivity index (χ0) is 23.7. The molecule has 0 bridgehead atoms. The van der Waals surface area contributed by atoms with Crippen LogP contribution in [0.2, 0.25) is 0 Å². The van der Waals surface area contributed by atoms with Crippen LogP contribution >= 0.6 is 0 Å². The SMILES string of the molecule is Cc1ccc(N=C2C(=Nc3ccc(C)cc3)n3c(cccc3=O)/C2=C(/N)c2ccccc2)cc1. The molecule has 0 saturated carbocycles. The monoisotopic (exact) mass is 444 g/mol. The Morgan fingerprint density at radius 3 is 1.91 bits per heavy atom. The summed E-state index contributed by atoms with van der Waals surface area (Å²) >= 11 is 0. The lowest BCUT2D eigenvalue weighted by Gasteiger charge is -2.08. The van der Waals surface area contributed by atoms with Crippen LogP contribution in [-0.4, -0.2) is 16.1 Å². The number of benzene rings is 3. The average molecular weight is 445 g/mol. The summed E-state index contributed by atoms with van der Waals surface area (Å²) in [5.41, 5.74) is 13.6. The molecule has 5 heteroatoms. The van der Waals surface area contributed by atoms with Gasteiger partial charge in [-0.15, -0.1) is 0 Å². The van der Waals surface area contributed by atoms with E-state index in [-0.39, 0.29) is 5.56 Å². The maximum atomic E-state index is 13.1. The van der Waals surface area contributed by atoms with Crippen molar-refractivity contribution in [2.24, 2.45) is 15.7 Å². The number of aromatic nitrogens is 1. The molecule has 5 rings (SSSR count). The summed E-state index contributed by atoms with van der Waals surface area (Å²) in [5.74, 6) is 0.457. The lowest BCUT2D eigenvalue weighted by Crippen LogP contribution is -2.26. The van der Waals surface area contributed by atoms with E-state index in [1.54, 1.807) is 10.6 Å². The first-order valence-electron chi connectivity index (χ1n) is 11.1. The van der Waals surface area contributed by atoms with Gasteiger partial charge in [0.2, 0.25) is 0 Å². The summed E-state index contributed by atoms with van der Waals surface area (Å²) in [6.07, 6.45) is 0. The smallest absolute Gasteiger partial charge is 0.256 e. The van der Waals surface area contributed by atoms with Crippen molar-refractivity contribution in [3.8, 4) is 0 Å². The molecule has 1 aliphatic heterocycles. The van der Waals surface area contributed by atoms with Gasteiger partial charge in [0.25, 0.3) is 5.56 Å². The zero-order valence-electron chi connectivity index (χ0n) is 19.1. The van der Waals surface area contributed by atoms with Crippen LogP contribution in [0.15, 0.2) is 112 Å². The number of aryl methyl sites for hydroxylation is 2. The Balaban J connectivity index is 1.83. The van der Waals surface area contributed by atoms with Crippen LogP contribution in [0.3, 0.4) is 0 Å². The van der Waals surface area contributed by atoms with Gasteiger partial charge in [-0.3, -0.25) is 9.36 Å². The minimum absolute atomic E-state index is 0.184. The molecule has 34 heavy (non-hydrogen) atoms. The highest BCUT2D eigenvalue weighted by Gasteiger charge is 2.33. The number of aliphatic imine (C=N–C) groups is 2. The normalized spacial score (nSPS) is 16.6. The van der Waals surface area contributed by atoms with Gasteiger partial charge in [-0.05, 0) is 49.7 Å². The van der Waals surface area contributed by atoms with Crippen LogP contribution in [0, 0.1) is 13.8 Å². The van der Waals surface area contributed by atoms with Crippen LogP contribution in [0.5, 0.6) is 0 Å². The van der Waals surface area contributed by atoms with Crippen molar-refractivity contribution in [3.63, 3.8) is 0 Å². The lowest BCUT2D eigenvalue weighted by molar-refractivity contribution is 1.06. The first kappa shape index (κ1) is 21.3. The number of hydrogen-bond donors (Lipinski definition) is 1. The van der Waals surface area contributed by atoms with E-state index < -0.39 is 0 Å². The fraction of sp³-hybridized carbons (Fsp3) is 0.0690. The molecule has 0 atom stereocenters. The standard InChI is InChI=1S/C29H24N4O/c1-19-11-15-22(16-12-19)31-28-26(27(30)21-7-4-3-5-8-21)24-9-6-10-25(34)33(24)29(28)32-23-17-13-20(2)14-18-23/h3-18H,30H2,1-2H3/b27-26-,31-28?,32-29?. The Morgan fingerprint density at radius 1 is 0.706 bits per heavy atom. The van der Waals surface area contributed by atoms with Crippen molar-refractivity contribution in [3.05, 3.63) is 130 Å². The molecule has 2 heterocycles. The van der Waals surface area contributed by atoms with E-state index in [2.05, 4.69) is 0 Å². The summed E-state index contributed by atoms with van der Waals surface area (Å²) < 4.78 is 1.60. The molecule has 5 nitrogen and oxygen atoms in total. The van der Waals surface area contributed by atoms with Crippen molar-refractivity contribution in [2.75, 3.05) is 0 Å². The maximum absolute atomic E-state index is 13.1. The summed E-state index contributed by atoms with van der Waals surface area (Å²) in [5, 5.41) is 0. The second-order valence-corrected chi connectivity index (χ2v) is 8.31. The third-order valence-corrected chi connectivity index (χ3v) is 5.77. The molecule has 1 aliphatic rings. The van der Waals surface area contributed by atoms with E-state index in [0.717, 1.165) is 28.1 Å². The number of rotatable bonds is 3. The Bertz CT molecular complexity index is 1510. The summed E-state index contributed by atoms with van der Waals surface area (Å²) in [6.45, 7) is 4.06. The predicted octanol–water partition coefficient (Wildman–Crippen LogP) is 5.66. The van der Waals surface area contributed by atoms with Gasteiger partial charge < -0.3 is 5.73 Å². The third-order valence-electron chi connectivity index (χ3n) is 5.77. The fourth-order valence-electron chi connectivity index (χ4n) is 3.97. The van der Waals surface area contributed by atoms with Gasteiger partial charge in [0.05, 0.1) is 28.3 Å². The molecule has 2 N–H and O–H groups in total. The maximum Gasteiger partial charge on any atom is 0.256 e. The Kier molecular flexibility index (Phi) is 5.52. The van der Waals surface area contributed by atoms with Gasteiger partial charge in [-0.1, -0.05) is 71.8 Å². The minimum Gasteiger partial charge on any atom is -0.398 e. The quantitative estimate of drug-likeness (QED) is 0.443. The highest BCUT2D eigenvalue weighted by Crippen LogP contribution is 2.32. The van der Waals surface area contributed by atoms with Crippen LogP contribution in [0.25, 0.3) is 11.3 Å². The molecule has 3 aromatic carbocycles. The molecule has 0 unspecified atom stereocenters. The molecule has 0 fully saturated rings. The minimum atomic E-state index is -0.184. The third kappa shape index (κ3) is 3.99. The van der Waals surface area contributed by atoms with Gasteiger partial charge in [-0.2, -0.15) is 0 Å². The number of pyridine rings is 1. The first-order valence-corrected chi connectivity index (χ1v) is 11.1. The largest absolute Gasteiger partial charge is 0.398 e. The summed E-state index contributed by atoms with van der Waals surface area (Å²) in [7, 11) is 0. The second kappa shape index (κ2) is 8.79. The Hall–Kier alpha value is -4.51. The van der Waals surface area contributed by atoms with E-state index in [1.165, 1.54) is 6.07 Å². The van der Waals surface area contributed by atoms with E-state index >= 15 is 0 Å². The molecule has 0 aliphatic carbocycles. The number of nitrogens with zero attached hydrogens (tertiary/aromatic N) is 3. The average Bonchev–Trinajstić information content (AvgIpc) is 3.16. The molecule has 0 saturated heterocycles. The van der Waals surface area contributed by atoms with Crippen molar-refractivity contribution in [1.29, 1.82) is 0 Å². The van der Waals surface area contributed by atoms with Crippen molar-refractivity contribution < 1.29 is 0 Å². The van der Waals surface area contributed by atoms with Gasteiger partial charge in [-0.25, -0.2) is 9.98 Å². The molecule has 0 spiro atoms. The van der Waals surface area contributed by atoms with Crippen LogP contribution in [-0.2, 0) is 0 Å². The van der Waals surface area contributed by atoms with E-state index in [4.69, 9.17) is 15.7 Å². The molecular formula is C29H24N4O. The van der Waals surface area contributed by atoms with E-state index in [1.807, 2.05) is 98.8 Å². The molecular weight excluding hydrogens is 420 g/mol. The highest BCUT2D eigenvalue weighted by atomic mass is 16.1. The number of fused-ring (bicyclic) bond motifs is 1. The molecule has 1 aromatic heterocycles. The summed E-state index contributed by atoms with van der Waals surface area (Å²) in [6, 6.07) is 30.7. The lowest BCUT2D eigenvalue weighted by atomic mass is 10.0. The first-order chi connectivity index (χ1) is 16.5. The van der Waals surface area contributed by atoms with Gasteiger partial charge in [0.15, 0.2) is 5.84 Å². The van der Waals surface area contributed by atoms with Crippen LogP contribution in [0.1, 0.15) is 22.4 Å². The van der Waals surface area contributed by atoms with Gasteiger partial charge in [0, 0.05) is 6.07 Å². The predicted molar refractivity (Wildman–Crippen MR) is 140 cm³/mol. The van der Waals surface area contributed by atoms with Crippen molar-refractivity contribution >= 4 is 34.2 Å². The summed E-state index contributed by atoms with van der Waals surface area (Å²) in [4.78, 5) is 22.9. The molecule has 4 aromatic rings. The highest BCUT2D eigenvalue weighted by molar-refractivity contribution is 6.63. The molecule has 0 radical (unpaired) electrons. The van der Waals surface area contributed by atoms with Crippen LogP contribution in [0.4, 0.5) is 11.4 Å². The molecule has 166 valence electrons. The fourth-order valence-corrected chi connectivity index (χ4v) is 3.97.